The van der Waals surface area contributed by atoms with Crippen LogP contribution in [0.1, 0.15) is 31.3 Å². The van der Waals surface area contributed by atoms with E-state index in [0.29, 0.717) is 6.42 Å². The van der Waals surface area contributed by atoms with Gasteiger partial charge in [0.1, 0.15) is 5.82 Å². The van der Waals surface area contributed by atoms with Crippen LogP contribution in [0.2, 0.25) is 0 Å². The van der Waals surface area contributed by atoms with Crippen LogP contribution in [0.5, 0.6) is 0 Å². The molecule has 2 aromatic heterocycles. The lowest BCUT2D eigenvalue weighted by Crippen LogP contribution is -2.24. The van der Waals surface area contributed by atoms with E-state index < -0.39 is 0 Å². The monoisotopic (exact) mass is 243 g/mol. The minimum atomic E-state index is 0.194. The Morgan fingerprint density at radius 3 is 2.89 bits per heavy atom. The van der Waals surface area contributed by atoms with Gasteiger partial charge in [-0.15, -0.1) is 0 Å². The highest BCUT2D eigenvalue weighted by Crippen LogP contribution is 2.27. The Kier molecular flexibility index (Phi) is 2.58. The molecule has 3 heterocycles. The number of aryl methyl sites for hydroxylation is 2. The summed E-state index contributed by atoms with van der Waals surface area (Å²) in [5.41, 5.74) is 2.21. The van der Waals surface area contributed by atoms with Gasteiger partial charge in [0.2, 0.25) is 5.91 Å². The van der Waals surface area contributed by atoms with Crippen molar-refractivity contribution in [1.29, 1.82) is 0 Å². The number of carbonyl (C=O) groups excluding carboxylic acids is 1. The second-order valence-corrected chi connectivity index (χ2v) is 4.74. The van der Waals surface area contributed by atoms with Crippen LogP contribution in [0, 0.1) is 6.92 Å². The van der Waals surface area contributed by atoms with E-state index in [1.807, 2.05) is 17.0 Å². The molecule has 1 aliphatic rings. The molecule has 0 aliphatic carbocycles. The number of amides is 1. The van der Waals surface area contributed by atoms with E-state index in [1.165, 1.54) is 0 Å². The van der Waals surface area contributed by atoms with Gasteiger partial charge in [-0.3, -0.25) is 14.1 Å². The zero-order chi connectivity index (χ0) is 12.7. The summed E-state index contributed by atoms with van der Waals surface area (Å²) in [6.45, 7) is 4.96. The number of anilines is 1. The molecule has 1 aliphatic heterocycles. The fourth-order valence-electron chi connectivity index (χ4n) is 2.67. The third-order valence-corrected chi connectivity index (χ3v) is 3.55. The molecule has 3 rings (SSSR count). The summed E-state index contributed by atoms with van der Waals surface area (Å²) >= 11 is 0. The van der Waals surface area contributed by atoms with Crippen molar-refractivity contribution in [2.75, 3.05) is 11.4 Å². The predicted molar refractivity (Wildman–Crippen MR) is 70.9 cm³/mol. The average molecular weight is 243 g/mol. The van der Waals surface area contributed by atoms with Crippen LogP contribution in [-0.4, -0.2) is 21.8 Å². The molecule has 1 amide bonds. The molecule has 0 radical (unpaired) electrons. The van der Waals surface area contributed by atoms with Crippen molar-refractivity contribution in [3.63, 3.8) is 0 Å². The molecule has 0 saturated carbocycles. The van der Waals surface area contributed by atoms with E-state index in [-0.39, 0.29) is 5.91 Å². The maximum absolute atomic E-state index is 11.9. The number of nitrogens with zero attached hydrogens (tertiary/aromatic N) is 3. The van der Waals surface area contributed by atoms with Crippen LogP contribution in [0.3, 0.4) is 0 Å². The molecular weight excluding hydrogens is 226 g/mol. The third-order valence-electron chi connectivity index (χ3n) is 3.55. The first-order valence-electron chi connectivity index (χ1n) is 6.49. The van der Waals surface area contributed by atoms with Crippen molar-refractivity contribution in [3.05, 3.63) is 29.7 Å². The smallest absolute Gasteiger partial charge is 0.228 e. The minimum Gasteiger partial charge on any atom is -0.299 e. The van der Waals surface area contributed by atoms with Crippen LogP contribution in [0.15, 0.2) is 18.2 Å². The molecular formula is C14H17N3O. The van der Waals surface area contributed by atoms with Gasteiger partial charge in [0.15, 0.2) is 5.82 Å². The zero-order valence-electron chi connectivity index (χ0n) is 10.8. The Labute approximate surface area is 106 Å². The fraction of sp³-hybridized carbons (Fsp3) is 0.429. The standard InChI is InChI=1S/C14H17N3O/c1-3-12-15-14(16-9-5-8-13(16)18)11-7-4-6-10(2)17(11)12/h4,6-7H,3,5,8-9H2,1-2H3. The number of imidazole rings is 1. The summed E-state index contributed by atoms with van der Waals surface area (Å²) < 4.78 is 2.15. The Balaban J connectivity index is 2.24. The summed E-state index contributed by atoms with van der Waals surface area (Å²) in [7, 11) is 0. The Morgan fingerprint density at radius 2 is 2.22 bits per heavy atom. The van der Waals surface area contributed by atoms with Crippen LogP contribution >= 0.6 is 0 Å². The van der Waals surface area contributed by atoms with Gasteiger partial charge in [-0.2, -0.15) is 0 Å². The molecule has 4 heteroatoms. The van der Waals surface area contributed by atoms with Crippen LogP contribution in [0.25, 0.3) is 5.52 Å². The maximum Gasteiger partial charge on any atom is 0.228 e. The second-order valence-electron chi connectivity index (χ2n) is 4.74. The Bertz CT molecular complexity index is 615. The first-order valence-corrected chi connectivity index (χ1v) is 6.49. The zero-order valence-corrected chi connectivity index (χ0v) is 10.8. The normalized spacial score (nSPS) is 15.9. The predicted octanol–water partition coefficient (Wildman–Crippen LogP) is 2.33. The summed E-state index contributed by atoms with van der Waals surface area (Å²) in [5.74, 6) is 2.05. The highest BCUT2D eigenvalue weighted by molar-refractivity contribution is 5.98. The van der Waals surface area contributed by atoms with E-state index in [4.69, 9.17) is 0 Å². The summed E-state index contributed by atoms with van der Waals surface area (Å²) in [6, 6.07) is 6.14. The molecule has 0 unspecified atom stereocenters. The topological polar surface area (TPSA) is 37.6 Å². The van der Waals surface area contributed by atoms with Gasteiger partial charge in [-0.05, 0) is 25.5 Å². The van der Waals surface area contributed by atoms with E-state index in [9.17, 15) is 4.79 Å². The van der Waals surface area contributed by atoms with Gasteiger partial charge in [0, 0.05) is 25.1 Å². The van der Waals surface area contributed by atoms with Crippen molar-refractivity contribution in [3.8, 4) is 0 Å². The van der Waals surface area contributed by atoms with E-state index in [0.717, 1.165) is 42.2 Å². The van der Waals surface area contributed by atoms with Crippen LogP contribution in [0.4, 0.5) is 5.82 Å². The van der Waals surface area contributed by atoms with Gasteiger partial charge in [0.05, 0.1) is 5.52 Å². The molecule has 4 nitrogen and oxygen atoms in total. The lowest BCUT2D eigenvalue weighted by Gasteiger charge is -2.12. The minimum absolute atomic E-state index is 0.194. The van der Waals surface area contributed by atoms with Crippen LogP contribution < -0.4 is 4.90 Å². The number of pyridine rings is 1. The van der Waals surface area contributed by atoms with Gasteiger partial charge in [-0.25, -0.2) is 4.98 Å². The summed E-state index contributed by atoms with van der Waals surface area (Å²) in [5, 5.41) is 0. The second kappa shape index (κ2) is 4.12. The summed E-state index contributed by atoms with van der Waals surface area (Å²) in [4.78, 5) is 18.4. The lowest BCUT2D eigenvalue weighted by atomic mass is 10.3. The molecule has 2 aromatic rings. The van der Waals surface area contributed by atoms with Crippen molar-refractivity contribution < 1.29 is 4.79 Å². The maximum atomic E-state index is 11.9. The van der Waals surface area contributed by atoms with Gasteiger partial charge in [-0.1, -0.05) is 13.0 Å². The fourth-order valence-corrected chi connectivity index (χ4v) is 2.67. The SMILES string of the molecule is CCc1nc(N2CCCC2=O)c2cccc(C)n12. The molecule has 18 heavy (non-hydrogen) atoms. The molecule has 0 N–H and O–H groups in total. The summed E-state index contributed by atoms with van der Waals surface area (Å²) in [6.07, 6.45) is 2.45. The van der Waals surface area contributed by atoms with Gasteiger partial charge >= 0.3 is 0 Å². The molecule has 1 fully saturated rings. The molecule has 1 saturated heterocycles. The molecule has 0 spiro atoms. The van der Waals surface area contributed by atoms with Crippen molar-refractivity contribution in [2.24, 2.45) is 0 Å². The lowest BCUT2D eigenvalue weighted by molar-refractivity contribution is -0.117. The molecule has 94 valence electrons. The highest BCUT2D eigenvalue weighted by Gasteiger charge is 2.26. The largest absolute Gasteiger partial charge is 0.299 e. The number of hydrogen-bond donors (Lipinski definition) is 0. The molecule has 0 atom stereocenters. The Hall–Kier alpha value is -1.84. The third kappa shape index (κ3) is 1.52. The molecule has 0 bridgehead atoms. The van der Waals surface area contributed by atoms with Crippen molar-refractivity contribution in [2.45, 2.75) is 33.1 Å². The first-order chi connectivity index (χ1) is 8.72. The number of hydrogen-bond acceptors (Lipinski definition) is 2. The van der Waals surface area contributed by atoms with Crippen molar-refractivity contribution >= 4 is 17.2 Å². The number of carbonyl (C=O) groups is 1. The van der Waals surface area contributed by atoms with E-state index in [2.05, 4.69) is 29.3 Å². The van der Waals surface area contributed by atoms with Gasteiger partial charge in [0.25, 0.3) is 0 Å². The van der Waals surface area contributed by atoms with E-state index >= 15 is 0 Å². The first kappa shape index (κ1) is 11.3. The average Bonchev–Trinajstić information content (AvgIpc) is 2.93. The number of fused-ring (bicyclic) bond motifs is 1. The Morgan fingerprint density at radius 1 is 1.39 bits per heavy atom. The number of rotatable bonds is 2. The van der Waals surface area contributed by atoms with E-state index in [1.54, 1.807) is 0 Å². The quantitative estimate of drug-likeness (QED) is 0.812. The number of aromatic nitrogens is 2. The molecule has 0 aromatic carbocycles. The highest BCUT2D eigenvalue weighted by atomic mass is 16.2. The van der Waals surface area contributed by atoms with Gasteiger partial charge < -0.3 is 0 Å². The van der Waals surface area contributed by atoms with Crippen LogP contribution in [-0.2, 0) is 11.2 Å². The van der Waals surface area contributed by atoms with Crippen molar-refractivity contribution in [1.82, 2.24) is 9.38 Å².